The Morgan fingerprint density at radius 2 is 1.86 bits per heavy atom. The van der Waals surface area contributed by atoms with E-state index in [1.165, 1.54) is 0 Å². The molecule has 0 aliphatic heterocycles. The predicted molar refractivity (Wildman–Crippen MR) is 84.3 cm³/mol. The minimum absolute atomic E-state index is 0.0977. The third kappa shape index (κ3) is 4.87. The predicted octanol–water partition coefficient (Wildman–Crippen LogP) is 2.79. The van der Waals surface area contributed by atoms with Gasteiger partial charge >= 0.3 is 0 Å². The molecule has 1 amide bonds. The van der Waals surface area contributed by atoms with E-state index in [1.54, 1.807) is 12.1 Å². The highest BCUT2D eigenvalue weighted by Crippen LogP contribution is 2.09. The fourth-order valence-electron chi connectivity index (χ4n) is 1.97. The van der Waals surface area contributed by atoms with Gasteiger partial charge in [-0.05, 0) is 38.5 Å². The van der Waals surface area contributed by atoms with Crippen LogP contribution in [0.3, 0.4) is 0 Å². The van der Waals surface area contributed by atoms with Crippen molar-refractivity contribution in [2.75, 3.05) is 10.6 Å². The summed E-state index contributed by atoms with van der Waals surface area (Å²) in [6.45, 7) is 6.06. The summed E-state index contributed by atoms with van der Waals surface area (Å²) >= 11 is 0. The first-order chi connectivity index (χ1) is 10.0. The van der Waals surface area contributed by atoms with Crippen molar-refractivity contribution in [1.29, 1.82) is 0 Å². The Hall–Kier alpha value is -2.43. The van der Waals surface area contributed by atoms with Gasteiger partial charge in [-0.15, -0.1) is 10.2 Å². The van der Waals surface area contributed by atoms with Crippen LogP contribution in [0.4, 0.5) is 11.6 Å². The summed E-state index contributed by atoms with van der Waals surface area (Å²) in [5, 5.41) is 13.9. The summed E-state index contributed by atoms with van der Waals surface area (Å²) in [6.07, 6.45) is 0.329. The van der Waals surface area contributed by atoms with Crippen LogP contribution < -0.4 is 10.6 Å². The number of anilines is 2. The Morgan fingerprint density at radius 3 is 2.48 bits per heavy atom. The topological polar surface area (TPSA) is 66.9 Å². The number of aryl methyl sites for hydroxylation is 1. The third-order valence-electron chi connectivity index (χ3n) is 2.82. The zero-order valence-corrected chi connectivity index (χ0v) is 12.6. The first kappa shape index (κ1) is 15.0. The molecule has 0 bridgehead atoms. The molecule has 0 atom stereocenters. The SMILES string of the molecule is Cc1cccc(CC(=O)Nc2ccc(NC(C)C)nn2)c1. The second-order valence-corrected chi connectivity index (χ2v) is 5.32. The van der Waals surface area contributed by atoms with Gasteiger partial charge in [0, 0.05) is 6.04 Å². The van der Waals surface area contributed by atoms with Crippen molar-refractivity contribution in [2.24, 2.45) is 0 Å². The Kier molecular flexibility index (Phi) is 4.87. The molecule has 5 nitrogen and oxygen atoms in total. The third-order valence-corrected chi connectivity index (χ3v) is 2.82. The molecule has 0 unspecified atom stereocenters. The molecular weight excluding hydrogens is 264 g/mol. The molecule has 0 spiro atoms. The van der Waals surface area contributed by atoms with E-state index in [1.807, 2.05) is 45.0 Å². The molecule has 2 N–H and O–H groups in total. The first-order valence-corrected chi connectivity index (χ1v) is 6.98. The highest BCUT2D eigenvalue weighted by Gasteiger charge is 2.06. The van der Waals surface area contributed by atoms with Crippen LogP contribution in [-0.4, -0.2) is 22.1 Å². The Labute approximate surface area is 124 Å². The van der Waals surface area contributed by atoms with Gasteiger partial charge in [-0.2, -0.15) is 0 Å². The monoisotopic (exact) mass is 284 g/mol. The number of nitrogens with one attached hydrogen (secondary N) is 2. The van der Waals surface area contributed by atoms with Gasteiger partial charge in [-0.1, -0.05) is 29.8 Å². The standard InChI is InChI=1S/C16H20N4O/c1-11(2)17-14-7-8-15(20-19-14)18-16(21)10-13-6-4-5-12(3)9-13/h4-9,11H,10H2,1-3H3,(H,17,19)(H,18,20,21). The molecule has 110 valence electrons. The van der Waals surface area contributed by atoms with E-state index in [0.717, 1.165) is 11.1 Å². The number of hydrogen-bond donors (Lipinski definition) is 2. The van der Waals surface area contributed by atoms with Crippen molar-refractivity contribution >= 4 is 17.5 Å². The maximum Gasteiger partial charge on any atom is 0.229 e. The fourth-order valence-corrected chi connectivity index (χ4v) is 1.97. The summed E-state index contributed by atoms with van der Waals surface area (Å²) in [6, 6.07) is 11.7. The largest absolute Gasteiger partial charge is 0.366 e. The van der Waals surface area contributed by atoms with Crippen LogP contribution in [0.2, 0.25) is 0 Å². The number of aromatic nitrogens is 2. The summed E-state index contributed by atoms with van der Waals surface area (Å²) < 4.78 is 0. The van der Waals surface area contributed by atoms with Crippen molar-refractivity contribution in [3.8, 4) is 0 Å². The lowest BCUT2D eigenvalue weighted by atomic mass is 10.1. The molecule has 0 fully saturated rings. The molecular formula is C16H20N4O. The maximum absolute atomic E-state index is 12.0. The van der Waals surface area contributed by atoms with Crippen molar-refractivity contribution < 1.29 is 4.79 Å². The van der Waals surface area contributed by atoms with E-state index >= 15 is 0 Å². The number of amides is 1. The summed E-state index contributed by atoms with van der Waals surface area (Å²) in [7, 11) is 0. The van der Waals surface area contributed by atoms with Crippen molar-refractivity contribution in [1.82, 2.24) is 10.2 Å². The molecule has 0 saturated carbocycles. The van der Waals surface area contributed by atoms with Gasteiger partial charge in [0.05, 0.1) is 6.42 Å². The fraction of sp³-hybridized carbons (Fsp3) is 0.312. The van der Waals surface area contributed by atoms with Gasteiger partial charge in [-0.3, -0.25) is 4.79 Å². The van der Waals surface area contributed by atoms with Gasteiger partial charge in [0.25, 0.3) is 0 Å². The second-order valence-electron chi connectivity index (χ2n) is 5.32. The summed E-state index contributed by atoms with van der Waals surface area (Å²) in [5.74, 6) is 1.06. The Balaban J connectivity index is 1.93. The molecule has 0 aliphatic carbocycles. The smallest absolute Gasteiger partial charge is 0.229 e. The molecule has 0 aliphatic rings. The quantitative estimate of drug-likeness (QED) is 0.886. The minimum Gasteiger partial charge on any atom is -0.366 e. The zero-order chi connectivity index (χ0) is 15.2. The number of carbonyl (C=O) groups excluding carboxylic acids is 1. The van der Waals surface area contributed by atoms with Gasteiger partial charge in [0.1, 0.15) is 5.82 Å². The molecule has 2 aromatic rings. The van der Waals surface area contributed by atoms with Gasteiger partial charge < -0.3 is 10.6 Å². The average Bonchev–Trinajstić information content (AvgIpc) is 2.40. The van der Waals surface area contributed by atoms with Crippen LogP contribution in [0.1, 0.15) is 25.0 Å². The summed E-state index contributed by atoms with van der Waals surface area (Å²) in [4.78, 5) is 12.0. The van der Waals surface area contributed by atoms with Crippen LogP contribution >= 0.6 is 0 Å². The van der Waals surface area contributed by atoms with E-state index in [2.05, 4.69) is 20.8 Å². The zero-order valence-electron chi connectivity index (χ0n) is 12.6. The molecule has 1 heterocycles. The molecule has 1 aromatic carbocycles. The Morgan fingerprint density at radius 1 is 1.14 bits per heavy atom. The van der Waals surface area contributed by atoms with E-state index in [0.29, 0.717) is 24.1 Å². The lowest BCUT2D eigenvalue weighted by Gasteiger charge is -2.09. The molecule has 2 rings (SSSR count). The van der Waals surface area contributed by atoms with Crippen molar-refractivity contribution in [3.63, 3.8) is 0 Å². The number of benzene rings is 1. The summed E-state index contributed by atoms with van der Waals surface area (Å²) in [5.41, 5.74) is 2.13. The average molecular weight is 284 g/mol. The molecule has 5 heteroatoms. The van der Waals surface area contributed by atoms with E-state index in [4.69, 9.17) is 0 Å². The highest BCUT2D eigenvalue weighted by molar-refractivity contribution is 5.91. The van der Waals surface area contributed by atoms with Gasteiger partial charge in [0.2, 0.25) is 5.91 Å². The van der Waals surface area contributed by atoms with Crippen LogP contribution in [-0.2, 0) is 11.2 Å². The number of hydrogen-bond acceptors (Lipinski definition) is 4. The number of carbonyl (C=O) groups is 1. The lowest BCUT2D eigenvalue weighted by molar-refractivity contribution is -0.115. The number of rotatable bonds is 5. The van der Waals surface area contributed by atoms with Crippen LogP contribution in [0.25, 0.3) is 0 Å². The van der Waals surface area contributed by atoms with Gasteiger partial charge in [0.15, 0.2) is 5.82 Å². The van der Waals surface area contributed by atoms with E-state index in [-0.39, 0.29) is 5.91 Å². The van der Waals surface area contributed by atoms with Crippen LogP contribution in [0.15, 0.2) is 36.4 Å². The minimum atomic E-state index is -0.0977. The Bertz CT molecular complexity index is 608. The van der Waals surface area contributed by atoms with Gasteiger partial charge in [-0.25, -0.2) is 0 Å². The molecule has 21 heavy (non-hydrogen) atoms. The first-order valence-electron chi connectivity index (χ1n) is 6.98. The van der Waals surface area contributed by atoms with Crippen molar-refractivity contribution in [2.45, 2.75) is 33.2 Å². The molecule has 0 saturated heterocycles. The highest BCUT2D eigenvalue weighted by atomic mass is 16.1. The molecule has 0 radical (unpaired) electrons. The van der Waals surface area contributed by atoms with E-state index in [9.17, 15) is 4.79 Å². The second kappa shape index (κ2) is 6.83. The van der Waals surface area contributed by atoms with E-state index < -0.39 is 0 Å². The normalized spacial score (nSPS) is 10.5. The van der Waals surface area contributed by atoms with Crippen LogP contribution in [0, 0.1) is 6.92 Å². The van der Waals surface area contributed by atoms with Crippen molar-refractivity contribution in [3.05, 3.63) is 47.5 Å². The lowest BCUT2D eigenvalue weighted by Crippen LogP contribution is -2.16. The molecule has 1 aromatic heterocycles. The maximum atomic E-state index is 12.0. The van der Waals surface area contributed by atoms with Crippen LogP contribution in [0.5, 0.6) is 0 Å². The number of nitrogens with zero attached hydrogens (tertiary/aromatic N) is 2.